The van der Waals surface area contributed by atoms with Crippen LogP contribution in [0.25, 0.3) is 0 Å². The molecule has 2 aromatic rings. The van der Waals surface area contributed by atoms with Crippen LogP contribution in [-0.4, -0.2) is 25.9 Å². The lowest BCUT2D eigenvalue weighted by atomic mass is 10.2. The van der Waals surface area contributed by atoms with Crippen LogP contribution in [0.15, 0.2) is 18.5 Å². The second-order valence-electron chi connectivity index (χ2n) is 4.96. The molecule has 2 aromatic heterocycles. The molecule has 116 valence electrons. The van der Waals surface area contributed by atoms with E-state index < -0.39 is 17.8 Å². The quantitative estimate of drug-likeness (QED) is 0.938. The van der Waals surface area contributed by atoms with Gasteiger partial charge < -0.3 is 5.32 Å². The lowest BCUT2D eigenvalue weighted by Gasteiger charge is -2.07. The molecule has 0 bridgehead atoms. The summed E-state index contributed by atoms with van der Waals surface area (Å²) in [5, 5.41) is 13.3. The maximum absolute atomic E-state index is 12.9. The molecule has 0 atom stereocenters. The van der Waals surface area contributed by atoms with E-state index in [0.29, 0.717) is 30.6 Å². The van der Waals surface area contributed by atoms with Gasteiger partial charge in [-0.1, -0.05) is 0 Å². The Kier molecular flexibility index (Phi) is 3.55. The van der Waals surface area contributed by atoms with Crippen molar-refractivity contribution in [3.8, 4) is 0 Å². The van der Waals surface area contributed by atoms with E-state index in [4.69, 9.17) is 0 Å². The first-order valence-electron chi connectivity index (χ1n) is 6.67. The lowest BCUT2D eigenvalue weighted by molar-refractivity contribution is -0.142. The molecular weight excluding hydrogens is 299 g/mol. The minimum atomic E-state index is -4.49. The van der Waals surface area contributed by atoms with Crippen molar-refractivity contribution in [1.29, 1.82) is 0 Å². The molecule has 0 fully saturated rings. The number of fused-ring (bicyclic) bond motifs is 1. The highest BCUT2D eigenvalue weighted by atomic mass is 19.4. The third kappa shape index (κ3) is 2.78. The number of amides is 1. The smallest absolute Gasteiger partial charge is 0.323 e. The highest BCUT2D eigenvalue weighted by Crippen LogP contribution is 2.36. The average Bonchev–Trinajstić information content (AvgIpc) is 3.02. The number of carbonyl (C=O) groups excluding carboxylic acids is 1. The van der Waals surface area contributed by atoms with Gasteiger partial charge in [-0.15, -0.1) is 0 Å². The molecule has 0 aliphatic heterocycles. The normalized spacial score (nSPS) is 14.0. The summed E-state index contributed by atoms with van der Waals surface area (Å²) in [6.07, 6.45) is -0.241. The fourth-order valence-corrected chi connectivity index (χ4v) is 2.57. The van der Waals surface area contributed by atoms with E-state index in [0.717, 1.165) is 4.68 Å². The predicted octanol–water partition coefficient (Wildman–Crippen LogP) is 1.82. The fraction of sp³-hybridized carbons (Fsp3) is 0.385. The van der Waals surface area contributed by atoms with Crippen molar-refractivity contribution in [3.63, 3.8) is 0 Å². The monoisotopic (exact) mass is 311 g/mol. The fourth-order valence-electron chi connectivity index (χ4n) is 2.57. The molecule has 0 saturated carbocycles. The summed E-state index contributed by atoms with van der Waals surface area (Å²) in [5.74, 6) is -0.459. The van der Waals surface area contributed by atoms with E-state index in [2.05, 4.69) is 20.6 Å². The molecule has 0 aromatic carbocycles. The van der Waals surface area contributed by atoms with Crippen LogP contribution in [0.4, 0.5) is 18.9 Å². The molecule has 0 unspecified atom stereocenters. The molecular formula is C13H12F3N5O. The first-order chi connectivity index (χ1) is 10.4. The number of hydrogen-bond donors (Lipinski definition) is 1. The summed E-state index contributed by atoms with van der Waals surface area (Å²) in [5.41, 5.74) is 0.263. The van der Waals surface area contributed by atoms with E-state index in [1.54, 1.807) is 6.07 Å². The van der Waals surface area contributed by atoms with Crippen LogP contribution in [0.1, 0.15) is 23.4 Å². The highest BCUT2D eigenvalue weighted by molar-refractivity contribution is 5.90. The number of nitrogens with one attached hydrogen (secondary N) is 1. The predicted molar refractivity (Wildman–Crippen MR) is 69.9 cm³/mol. The first-order valence-corrected chi connectivity index (χ1v) is 6.67. The van der Waals surface area contributed by atoms with Crippen LogP contribution in [0.2, 0.25) is 0 Å². The third-order valence-corrected chi connectivity index (χ3v) is 3.44. The average molecular weight is 311 g/mol. The number of aromatic nitrogens is 4. The summed E-state index contributed by atoms with van der Waals surface area (Å²) < 4.78 is 40.0. The third-order valence-electron chi connectivity index (χ3n) is 3.44. The minimum Gasteiger partial charge on any atom is -0.323 e. The van der Waals surface area contributed by atoms with Crippen LogP contribution < -0.4 is 5.32 Å². The van der Waals surface area contributed by atoms with E-state index >= 15 is 0 Å². The second kappa shape index (κ2) is 5.39. The van der Waals surface area contributed by atoms with Gasteiger partial charge in [-0.05, 0) is 25.3 Å². The van der Waals surface area contributed by atoms with Gasteiger partial charge in [0.15, 0.2) is 5.69 Å². The van der Waals surface area contributed by atoms with Crippen molar-refractivity contribution >= 4 is 11.6 Å². The Bertz CT molecular complexity index is 696. The molecule has 0 spiro atoms. The minimum absolute atomic E-state index is 0.214. The number of rotatable bonds is 3. The zero-order chi connectivity index (χ0) is 15.7. The van der Waals surface area contributed by atoms with E-state index in [1.807, 2.05) is 0 Å². The Morgan fingerprint density at radius 1 is 1.32 bits per heavy atom. The van der Waals surface area contributed by atoms with Crippen molar-refractivity contribution in [2.24, 2.45) is 0 Å². The molecule has 0 saturated heterocycles. The number of halogens is 3. The molecule has 9 heteroatoms. The molecule has 22 heavy (non-hydrogen) atoms. The number of carbonyl (C=O) groups is 1. The van der Waals surface area contributed by atoms with Crippen LogP contribution in [-0.2, 0) is 30.4 Å². The van der Waals surface area contributed by atoms with Gasteiger partial charge in [0.25, 0.3) is 0 Å². The molecule has 1 aliphatic rings. The summed E-state index contributed by atoms with van der Waals surface area (Å²) in [7, 11) is 0. The standard InChI is InChI=1S/C13H12F3N5O/c14-13(15,16)12-9-2-1-3-10(9)21(20-12)7-11(22)19-8-4-5-17-18-6-8/h4-6H,1-3,7H2,(H,17,19,22). The SMILES string of the molecule is O=C(Cn1nc(C(F)(F)F)c2c1CCC2)Nc1ccnnc1. The number of nitrogens with zero attached hydrogens (tertiary/aromatic N) is 4. The van der Waals surface area contributed by atoms with Gasteiger partial charge in [0.2, 0.25) is 5.91 Å². The van der Waals surface area contributed by atoms with Gasteiger partial charge in [-0.3, -0.25) is 9.48 Å². The maximum Gasteiger partial charge on any atom is 0.435 e. The van der Waals surface area contributed by atoms with E-state index in [-0.39, 0.29) is 12.1 Å². The molecule has 6 nitrogen and oxygen atoms in total. The molecule has 1 N–H and O–H groups in total. The van der Waals surface area contributed by atoms with Crippen LogP contribution >= 0.6 is 0 Å². The topological polar surface area (TPSA) is 72.7 Å². The zero-order valence-corrected chi connectivity index (χ0v) is 11.4. The van der Waals surface area contributed by atoms with Gasteiger partial charge >= 0.3 is 6.18 Å². The van der Waals surface area contributed by atoms with Gasteiger partial charge in [0, 0.05) is 11.3 Å². The Balaban J connectivity index is 1.80. The number of anilines is 1. The Hall–Kier alpha value is -2.45. The largest absolute Gasteiger partial charge is 0.435 e. The van der Waals surface area contributed by atoms with Gasteiger partial charge in [-0.25, -0.2) is 0 Å². The van der Waals surface area contributed by atoms with Gasteiger partial charge in [0.05, 0.1) is 18.1 Å². The number of alkyl halides is 3. The summed E-state index contributed by atoms with van der Waals surface area (Å²) in [6, 6.07) is 1.54. The van der Waals surface area contributed by atoms with Crippen molar-refractivity contribution in [3.05, 3.63) is 35.4 Å². The summed E-state index contributed by atoms with van der Waals surface area (Å²) in [4.78, 5) is 11.9. The van der Waals surface area contributed by atoms with Crippen LogP contribution in [0.3, 0.4) is 0 Å². The molecule has 2 heterocycles. The van der Waals surface area contributed by atoms with Gasteiger partial charge in [0.1, 0.15) is 6.54 Å². The maximum atomic E-state index is 12.9. The first kappa shape index (κ1) is 14.5. The number of hydrogen-bond acceptors (Lipinski definition) is 4. The van der Waals surface area contributed by atoms with Crippen molar-refractivity contribution in [1.82, 2.24) is 20.0 Å². The lowest BCUT2D eigenvalue weighted by Crippen LogP contribution is -2.21. The Morgan fingerprint density at radius 3 is 2.82 bits per heavy atom. The van der Waals surface area contributed by atoms with Crippen LogP contribution in [0.5, 0.6) is 0 Å². The van der Waals surface area contributed by atoms with E-state index in [9.17, 15) is 18.0 Å². The molecule has 3 rings (SSSR count). The summed E-state index contributed by atoms with van der Waals surface area (Å²) >= 11 is 0. The van der Waals surface area contributed by atoms with Crippen LogP contribution in [0, 0.1) is 0 Å². The Labute approximate surface area is 123 Å². The highest BCUT2D eigenvalue weighted by Gasteiger charge is 2.40. The van der Waals surface area contributed by atoms with Gasteiger partial charge in [-0.2, -0.15) is 28.5 Å². The van der Waals surface area contributed by atoms with Crippen molar-refractivity contribution < 1.29 is 18.0 Å². The van der Waals surface area contributed by atoms with Crippen molar-refractivity contribution in [2.75, 3.05) is 5.32 Å². The Morgan fingerprint density at radius 2 is 2.14 bits per heavy atom. The summed E-state index contributed by atoms with van der Waals surface area (Å²) in [6.45, 7) is -0.263. The van der Waals surface area contributed by atoms with Crippen molar-refractivity contribution in [2.45, 2.75) is 32.0 Å². The zero-order valence-electron chi connectivity index (χ0n) is 11.4. The molecule has 1 aliphatic carbocycles. The van der Waals surface area contributed by atoms with E-state index in [1.165, 1.54) is 12.4 Å². The molecule has 1 amide bonds. The second-order valence-corrected chi connectivity index (χ2v) is 4.96. The molecule has 0 radical (unpaired) electrons.